The zero-order valence-corrected chi connectivity index (χ0v) is 20.2. The Morgan fingerprint density at radius 3 is 2.63 bits per heavy atom. The van der Waals surface area contributed by atoms with E-state index in [-0.39, 0.29) is 45.6 Å². The summed E-state index contributed by atoms with van der Waals surface area (Å²) in [6.45, 7) is 6.86. The number of aryl methyl sites for hydroxylation is 1. The van der Waals surface area contributed by atoms with Crippen LogP contribution in [-0.2, 0) is 4.79 Å². The lowest BCUT2D eigenvalue weighted by Crippen LogP contribution is -2.11. The summed E-state index contributed by atoms with van der Waals surface area (Å²) < 4.78 is 37.2. The number of hydrogen-bond acceptors (Lipinski definition) is 8. The van der Waals surface area contributed by atoms with Crippen LogP contribution < -0.4 is 15.8 Å². The second kappa shape index (κ2) is 9.65. The van der Waals surface area contributed by atoms with Crippen molar-refractivity contribution in [2.45, 2.75) is 13.8 Å². The predicted molar refractivity (Wildman–Crippen MR) is 136 cm³/mol. The smallest absolute Gasteiger partial charge is 0.322 e. The summed E-state index contributed by atoms with van der Waals surface area (Å²) in [6, 6.07) is 9.97. The van der Waals surface area contributed by atoms with Gasteiger partial charge in [0.25, 0.3) is 5.91 Å². The molecular formula is C26H20F2N8O2. The molecule has 0 saturated heterocycles. The Balaban J connectivity index is 1.61. The molecule has 2 aromatic carbocycles. The van der Waals surface area contributed by atoms with E-state index in [4.69, 9.17) is 10.5 Å². The van der Waals surface area contributed by atoms with Gasteiger partial charge in [0.15, 0.2) is 17.4 Å². The molecule has 0 aliphatic rings. The lowest BCUT2D eigenvalue weighted by molar-refractivity contribution is -0.112. The van der Waals surface area contributed by atoms with Gasteiger partial charge in [0.1, 0.15) is 23.4 Å². The monoisotopic (exact) mass is 514 g/mol. The molecule has 3 heterocycles. The number of ether oxygens (including phenoxy) is 1. The average Bonchev–Trinajstić information content (AvgIpc) is 3.26. The number of nitrogens with zero attached hydrogens (tertiary/aromatic N) is 6. The number of rotatable bonds is 6. The molecule has 38 heavy (non-hydrogen) atoms. The fraction of sp³-hybridized carbons (Fsp3) is 0.0769. The van der Waals surface area contributed by atoms with Gasteiger partial charge in [-0.2, -0.15) is 0 Å². The summed E-state index contributed by atoms with van der Waals surface area (Å²) in [6.07, 6.45) is 2.71. The third-order valence-electron chi connectivity index (χ3n) is 5.53. The molecule has 0 fully saturated rings. The molecule has 190 valence electrons. The molecule has 10 nitrogen and oxygen atoms in total. The lowest BCUT2D eigenvalue weighted by atomic mass is 9.99. The first-order chi connectivity index (χ1) is 18.2. The molecule has 0 atom stereocenters. The van der Waals surface area contributed by atoms with Gasteiger partial charge >= 0.3 is 6.01 Å². The quantitative estimate of drug-likeness (QED) is 0.311. The molecule has 5 aromatic rings. The van der Waals surface area contributed by atoms with Crippen molar-refractivity contribution in [3.05, 3.63) is 84.5 Å². The minimum atomic E-state index is -0.716. The SMILES string of the molecule is C=C(C)C(=O)Nc1ccc(-c2nn3ncnc(N)c3c2-c2ccc(Oc3nccc(C)n3)c(F)c2)c(F)c1. The largest absolute Gasteiger partial charge is 0.421 e. The van der Waals surface area contributed by atoms with Crippen LogP contribution in [0.3, 0.4) is 0 Å². The van der Waals surface area contributed by atoms with Crippen LogP contribution in [0.5, 0.6) is 11.8 Å². The molecule has 0 saturated carbocycles. The number of nitrogens with two attached hydrogens (primary N) is 1. The summed E-state index contributed by atoms with van der Waals surface area (Å²) in [7, 11) is 0. The third kappa shape index (κ3) is 4.62. The first-order valence-corrected chi connectivity index (χ1v) is 11.2. The van der Waals surface area contributed by atoms with Crippen LogP contribution in [-0.4, -0.2) is 35.7 Å². The van der Waals surface area contributed by atoms with E-state index in [0.29, 0.717) is 16.8 Å². The molecule has 1 amide bonds. The summed E-state index contributed by atoms with van der Waals surface area (Å²) in [5.41, 5.74) is 8.39. The first-order valence-electron chi connectivity index (χ1n) is 11.2. The lowest BCUT2D eigenvalue weighted by Gasteiger charge is -2.10. The van der Waals surface area contributed by atoms with Crippen LogP contribution in [0.2, 0.25) is 0 Å². The number of benzene rings is 2. The Bertz CT molecular complexity index is 1730. The summed E-state index contributed by atoms with van der Waals surface area (Å²) in [4.78, 5) is 24.0. The summed E-state index contributed by atoms with van der Waals surface area (Å²) in [5, 5.41) is 11.0. The average molecular weight is 514 g/mol. The second-order valence-electron chi connectivity index (χ2n) is 8.36. The Morgan fingerprint density at radius 1 is 1.11 bits per heavy atom. The predicted octanol–water partition coefficient (Wildman–Crippen LogP) is 4.72. The zero-order chi connectivity index (χ0) is 27.0. The van der Waals surface area contributed by atoms with Gasteiger partial charge in [-0.3, -0.25) is 4.79 Å². The summed E-state index contributed by atoms with van der Waals surface area (Å²) >= 11 is 0. The molecule has 3 N–H and O–H groups in total. The highest BCUT2D eigenvalue weighted by atomic mass is 19.1. The maximum atomic E-state index is 15.3. The molecule has 0 unspecified atom stereocenters. The number of nitrogens with one attached hydrogen (secondary N) is 1. The van der Waals surface area contributed by atoms with E-state index in [0.717, 1.165) is 6.07 Å². The Kier molecular flexibility index (Phi) is 6.21. The van der Waals surface area contributed by atoms with E-state index >= 15 is 8.78 Å². The van der Waals surface area contributed by atoms with Gasteiger partial charge in [-0.1, -0.05) is 12.6 Å². The second-order valence-corrected chi connectivity index (χ2v) is 8.36. The first kappa shape index (κ1) is 24.4. The van der Waals surface area contributed by atoms with E-state index in [1.807, 2.05) is 0 Å². The van der Waals surface area contributed by atoms with Crippen LogP contribution in [0.1, 0.15) is 12.6 Å². The van der Waals surface area contributed by atoms with Gasteiger partial charge in [0, 0.05) is 34.3 Å². The number of fused-ring (bicyclic) bond motifs is 1. The van der Waals surface area contributed by atoms with Crippen LogP contribution in [0.25, 0.3) is 27.9 Å². The van der Waals surface area contributed by atoms with Crippen molar-refractivity contribution in [1.82, 2.24) is 29.8 Å². The standard InChI is InChI=1S/C26H20F2N8O2/c1-13(2)25(37)34-16-5-6-17(18(27)11-16)22-21(23-24(29)31-12-32-36(23)35-22)15-4-7-20(19(28)10-15)38-26-30-9-8-14(3)33-26/h4-12H,1H2,2-3H3,(H,34,37)(H2,29,31,32). The van der Waals surface area contributed by atoms with Crippen LogP contribution in [0, 0.1) is 18.6 Å². The Hall–Kier alpha value is -5.26. The van der Waals surface area contributed by atoms with Gasteiger partial charge in [0.2, 0.25) is 0 Å². The molecule has 0 bridgehead atoms. The maximum absolute atomic E-state index is 15.3. The number of aromatic nitrogens is 6. The van der Waals surface area contributed by atoms with E-state index in [1.54, 1.807) is 19.1 Å². The van der Waals surface area contributed by atoms with E-state index in [9.17, 15) is 4.79 Å². The number of amides is 1. The van der Waals surface area contributed by atoms with Crippen LogP contribution in [0.15, 0.2) is 67.1 Å². The van der Waals surface area contributed by atoms with Gasteiger partial charge in [0.05, 0.1) is 0 Å². The summed E-state index contributed by atoms with van der Waals surface area (Å²) in [5.74, 6) is -1.88. The fourth-order valence-electron chi connectivity index (χ4n) is 3.72. The molecule has 0 aliphatic heterocycles. The van der Waals surface area contributed by atoms with Crippen molar-refractivity contribution in [3.63, 3.8) is 0 Å². The minimum Gasteiger partial charge on any atom is -0.421 e. The number of hydrogen-bond donors (Lipinski definition) is 2. The molecule has 12 heteroatoms. The molecule has 0 radical (unpaired) electrons. The van der Waals surface area contributed by atoms with Crippen molar-refractivity contribution in [3.8, 4) is 34.1 Å². The van der Waals surface area contributed by atoms with Crippen molar-refractivity contribution in [2.24, 2.45) is 0 Å². The number of anilines is 2. The zero-order valence-electron chi connectivity index (χ0n) is 20.2. The van der Waals surface area contributed by atoms with Gasteiger partial charge in [-0.05, 0) is 55.8 Å². The van der Waals surface area contributed by atoms with Crippen LogP contribution in [0.4, 0.5) is 20.3 Å². The van der Waals surface area contributed by atoms with Crippen molar-refractivity contribution >= 4 is 22.9 Å². The van der Waals surface area contributed by atoms with Crippen molar-refractivity contribution in [2.75, 3.05) is 11.1 Å². The highest BCUT2D eigenvalue weighted by Crippen LogP contribution is 2.39. The normalized spacial score (nSPS) is 10.9. The Labute approximate surface area is 214 Å². The maximum Gasteiger partial charge on any atom is 0.322 e. The third-order valence-corrected chi connectivity index (χ3v) is 5.53. The molecule has 3 aromatic heterocycles. The van der Waals surface area contributed by atoms with Gasteiger partial charge in [-0.25, -0.2) is 23.7 Å². The highest BCUT2D eigenvalue weighted by Gasteiger charge is 2.23. The number of carbonyl (C=O) groups is 1. The Morgan fingerprint density at radius 2 is 1.92 bits per heavy atom. The molecule has 5 rings (SSSR count). The highest BCUT2D eigenvalue weighted by molar-refractivity contribution is 6.03. The minimum absolute atomic E-state index is 0.00753. The molecule has 0 spiro atoms. The number of carbonyl (C=O) groups excluding carboxylic acids is 1. The number of halogens is 2. The van der Waals surface area contributed by atoms with Crippen molar-refractivity contribution in [1.29, 1.82) is 0 Å². The van der Waals surface area contributed by atoms with Gasteiger partial charge < -0.3 is 15.8 Å². The topological polar surface area (TPSA) is 133 Å². The van der Waals surface area contributed by atoms with Crippen molar-refractivity contribution < 1.29 is 18.3 Å². The fourth-order valence-corrected chi connectivity index (χ4v) is 3.72. The molecule has 0 aliphatic carbocycles. The van der Waals surface area contributed by atoms with Crippen LogP contribution >= 0.6 is 0 Å². The van der Waals surface area contributed by atoms with E-state index in [1.165, 1.54) is 48.3 Å². The van der Waals surface area contributed by atoms with Gasteiger partial charge in [-0.15, -0.1) is 14.8 Å². The number of nitrogen functional groups attached to an aromatic ring is 1. The van der Waals surface area contributed by atoms with E-state index < -0.39 is 17.5 Å². The van der Waals surface area contributed by atoms with E-state index in [2.05, 4.69) is 37.0 Å². The molecular weight excluding hydrogens is 494 g/mol.